The largest absolute Gasteiger partial charge is 0.408 e. The molecule has 29 heavy (non-hydrogen) atoms. The van der Waals surface area contributed by atoms with Crippen LogP contribution in [0.15, 0.2) is 33.6 Å². The average Bonchev–Trinajstić information content (AvgIpc) is 3.39. The second-order valence-corrected chi connectivity index (χ2v) is 9.75. The maximum atomic E-state index is 13.0. The van der Waals surface area contributed by atoms with Crippen LogP contribution in [0.25, 0.3) is 0 Å². The monoisotopic (exact) mass is 418 g/mol. The van der Waals surface area contributed by atoms with Crippen LogP contribution in [-0.2, 0) is 14.8 Å². The van der Waals surface area contributed by atoms with E-state index >= 15 is 0 Å². The minimum Gasteiger partial charge on any atom is -0.408 e. The summed E-state index contributed by atoms with van der Waals surface area (Å²) < 4.78 is 33.0. The molecule has 1 aliphatic heterocycles. The molecule has 2 aromatic rings. The van der Waals surface area contributed by atoms with Crippen molar-refractivity contribution in [3.8, 4) is 0 Å². The van der Waals surface area contributed by atoms with E-state index in [1.54, 1.807) is 24.3 Å². The lowest BCUT2D eigenvalue weighted by Gasteiger charge is -2.22. The van der Waals surface area contributed by atoms with E-state index in [4.69, 9.17) is 4.42 Å². The Kier molecular flexibility index (Phi) is 5.69. The van der Waals surface area contributed by atoms with Gasteiger partial charge in [0.05, 0.1) is 4.90 Å². The van der Waals surface area contributed by atoms with Crippen molar-refractivity contribution in [3.05, 3.63) is 35.7 Å². The lowest BCUT2D eigenvalue weighted by Crippen LogP contribution is -2.43. The minimum absolute atomic E-state index is 0.0372. The molecule has 1 aromatic carbocycles. The number of rotatable bonds is 5. The highest BCUT2D eigenvalue weighted by atomic mass is 32.2. The molecule has 1 saturated carbocycles. The maximum absolute atomic E-state index is 13.0. The molecule has 1 amide bonds. The van der Waals surface area contributed by atoms with Gasteiger partial charge in [0.2, 0.25) is 21.8 Å². The van der Waals surface area contributed by atoms with Crippen molar-refractivity contribution in [2.75, 3.05) is 11.9 Å². The lowest BCUT2D eigenvalue weighted by atomic mass is 9.89. The predicted molar refractivity (Wildman–Crippen MR) is 107 cm³/mol. The van der Waals surface area contributed by atoms with E-state index in [0.29, 0.717) is 25.3 Å². The van der Waals surface area contributed by atoms with Gasteiger partial charge in [0.15, 0.2) is 0 Å². The summed E-state index contributed by atoms with van der Waals surface area (Å²) in [7, 11) is -3.75. The Bertz CT molecular complexity index is 965. The third kappa shape index (κ3) is 4.20. The van der Waals surface area contributed by atoms with Crippen LogP contribution >= 0.6 is 0 Å². The Balaban J connectivity index is 1.46. The van der Waals surface area contributed by atoms with Crippen LogP contribution in [0.4, 0.5) is 6.01 Å². The van der Waals surface area contributed by atoms with E-state index in [-0.39, 0.29) is 16.8 Å². The van der Waals surface area contributed by atoms with Gasteiger partial charge in [0, 0.05) is 12.5 Å². The second-order valence-electron chi connectivity index (χ2n) is 7.86. The summed E-state index contributed by atoms with van der Waals surface area (Å²) in [4.78, 5) is 13.0. The number of anilines is 1. The topological polar surface area (TPSA) is 105 Å². The number of hydrogen-bond acceptors (Lipinski definition) is 6. The van der Waals surface area contributed by atoms with Crippen molar-refractivity contribution in [1.29, 1.82) is 0 Å². The smallest absolute Gasteiger partial charge is 0.322 e. The Morgan fingerprint density at radius 3 is 2.52 bits per heavy atom. The van der Waals surface area contributed by atoms with Crippen LogP contribution in [0.5, 0.6) is 0 Å². The molecule has 2 fully saturated rings. The Morgan fingerprint density at radius 2 is 1.79 bits per heavy atom. The number of benzene rings is 1. The minimum atomic E-state index is -3.75. The normalized spacial score (nSPS) is 21.3. The maximum Gasteiger partial charge on any atom is 0.322 e. The molecule has 0 radical (unpaired) electrons. The summed E-state index contributed by atoms with van der Waals surface area (Å²) in [6.45, 7) is 2.21. The van der Waals surface area contributed by atoms with Crippen LogP contribution in [-0.4, -0.2) is 41.4 Å². The second kappa shape index (κ2) is 8.23. The summed E-state index contributed by atoms with van der Waals surface area (Å²) in [5.41, 5.74) is 0.977. The summed E-state index contributed by atoms with van der Waals surface area (Å²) in [5.74, 6) is 0.361. The molecule has 1 atom stereocenters. The van der Waals surface area contributed by atoms with Gasteiger partial charge in [-0.25, -0.2) is 8.42 Å². The van der Waals surface area contributed by atoms with Crippen LogP contribution in [0.2, 0.25) is 0 Å². The third-order valence-electron chi connectivity index (χ3n) is 5.76. The molecule has 0 spiro atoms. The van der Waals surface area contributed by atoms with Gasteiger partial charge in [-0.2, -0.15) is 4.31 Å². The number of sulfonamides is 1. The quantitative estimate of drug-likeness (QED) is 0.799. The number of carbonyl (C=O) groups is 1. The summed E-state index contributed by atoms with van der Waals surface area (Å²) in [5, 5.41) is 10.6. The number of amides is 1. The predicted octanol–water partition coefficient (Wildman–Crippen LogP) is 3.22. The molecule has 9 heteroatoms. The Hall–Kier alpha value is -2.26. The van der Waals surface area contributed by atoms with E-state index in [1.807, 2.05) is 6.92 Å². The van der Waals surface area contributed by atoms with Crippen molar-refractivity contribution < 1.29 is 17.6 Å². The van der Waals surface area contributed by atoms with Gasteiger partial charge in [-0.15, -0.1) is 5.10 Å². The van der Waals surface area contributed by atoms with E-state index < -0.39 is 22.0 Å². The molecule has 1 unspecified atom stereocenters. The van der Waals surface area contributed by atoms with E-state index in [9.17, 15) is 13.2 Å². The zero-order chi connectivity index (χ0) is 20.4. The average molecular weight is 419 g/mol. The molecule has 1 aliphatic carbocycles. The van der Waals surface area contributed by atoms with Gasteiger partial charge < -0.3 is 4.42 Å². The van der Waals surface area contributed by atoms with Gasteiger partial charge in [-0.1, -0.05) is 42.1 Å². The molecule has 4 rings (SSSR count). The fourth-order valence-corrected chi connectivity index (χ4v) is 5.78. The highest BCUT2D eigenvalue weighted by molar-refractivity contribution is 7.89. The fourth-order valence-electron chi connectivity index (χ4n) is 4.12. The van der Waals surface area contributed by atoms with Crippen molar-refractivity contribution in [2.45, 2.75) is 68.7 Å². The Labute approximate surface area is 170 Å². The molecule has 0 bridgehead atoms. The first kappa shape index (κ1) is 20.0. The fraction of sp³-hybridized carbons (Fsp3) is 0.550. The molecular formula is C20H26N4O4S. The first-order valence-electron chi connectivity index (χ1n) is 10.2. The molecular weight excluding hydrogens is 392 g/mol. The SMILES string of the molecule is Cc1ccc(S(=O)(=O)N2CCCC2C(=O)Nc2nnc(C3CCCCC3)o2)cc1. The van der Waals surface area contributed by atoms with Crippen molar-refractivity contribution in [1.82, 2.24) is 14.5 Å². The molecule has 2 aliphatic rings. The van der Waals surface area contributed by atoms with Crippen LogP contribution in [0, 0.1) is 6.92 Å². The number of carbonyl (C=O) groups excluding carboxylic acids is 1. The van der Waals surface area contributed by atoms with E-state index in [2.05, 4.69) is 15.5 Å². The van der Waals surface area contributed by atoms with E-state index in [1.165, 1.54) is 10.7 Å². The van der Waals surface area contributed by atoms with Crippen LogP contribution in [0.1, 0.15) is 62.3 Å². The number of nitrogens with one attached hydrogen (secondary N) is 1. The molecule has 1 saturated heterocycles. The molecule has 1 N–H and O–H groups in total. The van der Waals surface area contributed by atoms with Gasteiger partial charge in [-0.3, -0.25) is 10.1 Å². The van der Waals surface area contributed by atoms with Gasteiger partial charge in [-0.05, 0) is 44.7 Å². The van der Waals surface area contributed by atoms with Gasteiger partial charge in [0.25, 0.3) is 0 Å². The highest BCUT2D eigenvalue weighted by Gasteiger charge is 2.40. The number of hydrogen-bond donors (Lipinski definition) is 1. The van der Waals surface area contributed by atoms with Gasteiger partial charge >= 0.3 is 6.01 Å². The molecule has 1 aromatic heterocycles. The molecule has 156 valence electrons. The zero-order valence-corrected chi connectivity index (χ0v) is 17.3. The summed E-state index contributed by atoms with van der Waals surface area (Å²) in [6.07, 6.45) is 6.62. The zero-order valence-electron chi connectivity index (χ0n) is 16.5. The van der Waals surface area contributed by atoms with Crippen molar-refractivity contribution in [2.24, 2.45) is 0 Å². The Morgan fingerprint density at radius 1 is 1.07 bits per heavy atom. The summed E-state index contributed by atoms with van der Waals surface area (Å²) in [6, 6.07) is 5.91. The molecule has 8 nitrogen and oxygen atoms in total. The standard InChI is InChI=1S/C20H26N4O4S/c1-14-9-11-16(12-10-14)29(26,27)24-13-5-8-17(24)18(25)21-20-23-22-19(28-20)15-6-3-2-4-7-15/h9-12,15,17H,2-8,13H2,1H3,(H,21,23,25). The van der Waals surface area contributed by atoms with Gasteiger partial charge in [0.1, 0.15) is 6.04 Å². The first-order valence-corrected chi connectivity index (χ1v) is 11.6. The number of aryl methyl sites for hydroxylation is 1. The number of nitrogens with zero attached hydrogens (tertiary/aromatic N) is 3. The number of aromatic nitrogens is 2. The van der Waals surface area contributed by atoms with E-state index in [0.717, 1.165) is 31.2 Å². The van der Waals surface area contributed by atoms with Crippen LogP contribution in [0.3, 0.4) is 0 Å². The highest BCUT2D eigenvalue weighted by Crippen LogP contribution is 2.32. The van der Waals surface area contributed by atoms with Crippen LogP contribution < -0.4 is 5.32 Å². The summed E-state index contributed by atoms with van der Waals surface area (Å²) >= 11 is 0. The van der Waals surface area contributed by atoms with Crippen molar-refractivity contribution in [3.63, 3.8) is 0 Å². The lowest BCUT2D eigenvalue weighted by molar-refractivity contribution is -0.119. The van der Waals surface area contributed by atoms with Crippen molar-refractivity contribution >= 4 is 21.9 Å². The third-order valence-corrected chi connectivity index (χ3v) is 7.68. The first-order chi connectivity index (χ1) is 13.9. The molecule has 2 heterocycles.